The topological polar surface area (TPSA) is 57.8 Å². The van der Waals surface area contributed by atoms with Crippen LogP contribution in [0, 0.1) is 0 Å². The van der Waals surface area contributed by atoms with Crippen LogP contribution in [0.15, 0.2) is 66.9 Å². The van der Waals surface area contributed by atoms with Gasteiger partial charge in [0.2, 0.25) is 5.91 Å². The van der Waals surface area contributed by atoms with Crippen LogP contribution in [-0.4, -0.2) is 15.9 Å². The van der Waals surface area contributed by atoms with Crippen LogP contribution in [0.25, 0.3) is 22.3 Å². The van der Waals surface area contributed by atoms with E-state index in [1.165, 1.54) is 0 Å². The predicted octanol–water partition coefficient (Wildman–Crippen LogP) is 6.18. The van der Waals surface area contributed by atoms with Crippen LogP contribution in [0.3, 0.4) is 0 Å². The van der Waals surface area contributed by atoms with E-state index in [1.807, 2.05) is 60.7 Å². The van der Waals surface area contributed by atoms with E-state index in [0.717, 1.165) is 39.8 Å². The van der Waals surface area contributed by atoms with Crippen molar-refractivity contribution >= 4 is 40.0 Å². The summed E-state index contributed by atoms with van der Waals surface area (Å²) in [4.78, 5) is 20.3. The van der Waals surface area contributed by atoms with Gasteiger partial charge in [-0.3, -0.25) is 9.78 Å². The third-order valence-electron chi connectivity index (χ3n) is 5.05. The molecule has 2 heterocycles. The van der Waals surface area contributed by atoms with E-state index in [9.17, 15) is 4.79 Å². The first-order valence-corrected chi connectivity index (χ1v) is 10.6. The van der Waals surface area contributed by atoms with Crippen molar-refractivity contribution in [2.45, 2.75) is 25.8 Å². The number of rotatable bonds is 7. The molecule has 0 spiro atoms. The van der Waals surface area contributed by atoms with Crippen LogP contribution in [0.5, 0.6) is 0 Å². The second-order valence-corrected chi connectivity index (χ2v) is 7.95. The van der Waals surface area contributed by atoms with Gasteiger partial charge in [-0.15, -0.1) is 0 Å². The van der Waals surface area contributed by atoms with Gasteiger partial charge in [0.05, 0.1) is 11.4 Å². The summed E-state index contributed by atoms with van der Waals surface area (Å²) < 4.78 is 0. The molecule has 0 aliphatic carbocycles. The van der Waals surface area contributed by atoms with Crippen molar-refractivity contribution in [2.75, 3.05) is 0 Å². The van der Waals surface area contributed by atoms with Crippen molar-refractivity contribution in [3.63, 3.8) is 0 Å². The molecule has 2 N–H and O–H groups in total. The molecule has 152 valence electrons. The molecule has 0 aliphatic rings. The zero-order valence-electron chi connectivity index (χ0n) is 16.3. The lowest BCUT2D eigenvalue weighted by Crippen LogP contribution is -2.22. The third-order valence-corrected chi connectivity index (χ3v) is 5.66. The largest absolute Gasteiger partial charge is 0.353 e. The number of hydrogen-bond acceptors (Lipinski definition) is 2. The van der Waals surface area contributed by atoms with Gasteiger partial charge in [0.25, 0.3) is 0 Å². The number of nitrogens with zero attached hydrogens (tertiary/aromatic N) is 1. The number of hydrogen-bond donors (Lipinski definition) is 2. The highest BCUT2D eigenvalue weighted by Crippen LogP contribution is 2.32. The monoisotopic (exact) mass is 437 g/mol. The van der Waals surface area contributed by atoms with Gasteiger partial charge in [-0.25, -0.2) is 0 Å². The maximum atomic E-state index is 12.3. The SMILES string of the molecule is O=C(CCCc1c(-c2ccccn2)[nH]c2ccc(Cl)cc12)NCc1ccccc1Cl. The molecule has 0 unspecified atom stereocenters. The van der Waals surface area contributed by atoms with Crippen LogP contribution in [0.4, 0.5) is 0 Å². The van der Waals surface area contributed by atoms with E-state index >= 15 is 0 Å². The average molecular weight is 438 g/mol. The second-order valence-electron chi connectivity index (χ2n) is 7.11. The van der Waals surface area contributed by atoms with Gasteiger partial charge >= 0.3 is 0 Å². The minimum atomic E-state index is 0.00665. The molecule has 0 aliphatic heterocycles. The normalized spacial score (nSPS) is 11.0. The molecule has 4 nitrogen and oxygen atoms in total. The lowest BCUT2D eigenvalue weighted by atomic mass is 10.0. The third kappa shape index (κ3) is 4.66. The highest BCUT2D eigenvalue weighted by molar-refractivity contribution is 6.31. The summed E-state index contributed by atoms with van der Waals surface area (Å²) in [5, 5.41) is 5.37. The van der Waals surface area contributed by atoms with Crippen LogP contribution in [0.2, 0.25) is 10.0 Å². The van der Waals surface area contributed by atoms with Crippen molar-refractivity contribution < 1.29 is 4.79 Å². The molecule has 4 rings (SSSR count). The summed E-state index contributed by atoms with van der Waals surface area (Å²) in [7, 11) is 0. The lowest BCUT2D eigenvalue weighted by molar-refractivity contribution is -0.121. The number of nitrogens with one attached hydrogen (secondary N) is 2. The maximum Gasteiger partial charge on any atom is 0.220 e. The summed E-state index contributed by atoms with van der Waals surface area (Å²) in [6.45, 7) is 0.431. The number of amides is 1. The van der Waals surface area contributed by atoms with Crippen LogP contribution >= 0.6 is 23.2 Å². The number of fused-ring (bicyclic) bond motifs is 1. The Morgan fingerprint density at radius 2 is 1.87 bits per heavy atom. The van der Waals surface area contributed by atoms with Gasteiger partial charge in [0.1, 0.15) is 0 Å². The molecule has 4 aromatic rings. The summed E-state index contributed by atoms with van der Waals surface area (Å²) >= 11 is 12.4. The van der Waals surface area contributed by atoms with Gasteiger partial charge in [0, 0.05) is 40.1 Å². The Kier molecular flexibility index (Phi) is 6.36. The van der Waals surface area contributed by atoms with E-state index in [-0.39, 0.29) is 5.91 Å². The molecule has 30 heavy (non-hydrogen) atoms. The van der Waals surface area contributed by atoms with Gasteiger partial charge in [0.15, 0.2) is 0 Å². The molecule has 6 heteroatoms. The highest BCUT2D eigenvalue weighted by Gasteiger charge is 2.15. The van der Waals surface area contributed by atoms with Crippen molar-refractivity contribution in [1.29, 1.82) is 0 Å². The number of pyridine rings is 1. The summed E-state index contributed by atoms with van der Waals surface area (Å²) in [6.07, 6.45) is 3.67. The van der Waals surface area contributed by atoms with E-state index in [1.54, 1.807) is 6.20 Å². The number of H-pyrrole nitrogens is 1. The van der Waals surface area contributed by atoms with Gasteiger partial charge in [-0.2, -0.15) is 0 Å². The Balaban J connectivity index is 1.46. The molecule has 2 aromatic carbocycles. The smallest absolute Gasteiger partial charge is 0.220 e. The number of carbonyl (C=O) groups is 1. The standard InChI is InChI=1S/C24H21Cl2N3O/c25-17-11-12-21-19(14-17)18(24(29-21)22-9-3-4-13-27-22)7-5-10-23(30)28-15-16-6-1-2-8-20(16)26/h1-4,6,8-9,11-14,29H,5,7,10,15H2,(H,28,30). The maximum absolute atomic E-state index is 12.3. The molecule has 0 saturated carbocycles. The van der Waals surface area contributed by atoms with Gasteiger partial charge in [-0.05, 0) is 60.4 Å². The average Bonchev–Trinajstić information content (AvgIpc) is 3.11. The Hall–Kier alpha value is -2.82. The molecule has 0 radical (unpaired) electrons. The van der Waals surface area contributed by atoms with E-state index in [2.05, 4.69) is 15.3 Å². The lowest BCUT2D eigenvalue weighted by Gasteiger charge is -2.08. The zero-order valence-corrected chi connectivity index (χ0v) is 17.8. The summed E-state index contributed by atoms with van der Waals surface area (Å²) in [5.41, 5.74) is 4.91. The first-order chi connectivity index (χ1) is 14.6. The van der Waals surface area contributed by atoms with Crippen molar-refractivity contribution in [2.24, 2.45) is 0 Å². The van der Waals surface area contributed by atoms with Crippen molar-refractivity contribution in [1.82, 2.24) is 15.3 Å². The highest BCUT2D eigenvalue weighted by atomic mass is 35.5. The number of benzene rings is 2. The number of aryl methyl sites for hydroxylation is 1. The Bertz CT molecular complexity index is 1170. The number of aromatic nitrogens is 2. The molecule has 0 fully saturated rings. The van der Waals surface area contributed by atoms with Gasteiger partial charge in [-0.1, -0.05) is 47.5 Å². The molecule has 0 saturated heterocycles. The number of carbonyl (C=O) groups excluding carboxylic acids is 1. The Morgan fingerprint density at radius 3 is 2.67 bits per heavy atom. The summed E-state index contributed by atoms with van der Waals surface area (Å²) in [5.74, 6) is 0.00665. The molecule has 1 amide bonds. The van der Waals surface area contributed by atoms with Gasteiger partial charge < -0.3 is 10.3 Å². The number of halogens is 2. The molecular formula is C24H21Cl2N3O. The quantitative estimate of drug-likeness (QED) is 0.362. The van der Waals surface area contributed by atoms with Crippen molar-refractivity contribution in [3.05, 3.63) is 88.0 Å². The Morgan fingerprint density at radius 1 is 1.03 bits per heavy atom. The second kappa shape index (κ2) is 9.33. The van der Waals surface area contributed by atoms with Crippen LogP contribution in [-0.2, 0) is 17.8 Å². The van der Waals surface area contributed by atoms with Crippen LogP contribution in [0.1, 0.15) is 24.0 Å². The zero-order chi connectivity index (χ0) is 20.9. The van der Waals surface area contributed by atoms with E-state index < -0.39 is 0 Å². The number of aromatic amines is 1. The molecule has 0 atom stereocenters. The molecular weight excluding hydrogens is 417 g/mol. The first-order valence-electron chi connectivity index (χ1n) is 9.83. The fourth-order valence-corrected chi connectivity index (χ4v) is 3.93. The Labute approximate surface area is 185 Å². The van der Waals surface area contributed by atoms with E-state index in [0.29, 0.717) is 29.4 Å². The fraction of sp³-hybridized carbons (Fsp3) is 0.167. The summed E-state index contributed by atoms with van der Waals surface area (Å²) in [6, 6.07) is 19.2. The minimum absolute atomic E-state index is 0.00665. The van der Waals surface area contributed by atoms with Crippen LogP contribution < -0.4 is 5.32 Å². The molecule has 0 bridgehead atoms. The van der Waals surface area contributed by atoms with Crippen molar-refractivity contribution in [3.8, 4) is 11.4 Å². The predicted molar refractivity (Wildman–Crippen MR) is 123 cm³/mol. The van der Waals surface area contributed by atoms with E-state index in [4.69, 9.17) is 23.2 Å². The fourth-order valence-electron chi connectivity index (χ4n) is 3.56. The minimum Gasteiger partial charge on any atom is -0.353 e. The first kappa shape index (κ1) is 20.5. The molecule has 2 aromatic heterocycles.